The molecule has 5 nitrogen and oxygen atoms in total. The zero-order valence-corrected chi connectivity index (χ0v) is 12.7. The van der Waals surface area contributed by atoms with Gasteiger partial charge in [-0.3, -0.25) is 9.59 Å². The fraction of sp³-hybridized carbons (Fsp3) is 0.429. The molecule has 0 aliphatic heterocycles. The Morgan fingerprint density at radius 1 is 1.30 bits per heavy atom. The number of carbonyl (C=O) groups excluding carboxylic acids is 2. The van der Waals surface area contributed by atoms with E-state index in [9.17, 15) is 9.59 Å². The third-order valence-corrected chi connectivity index (χ3v) is 3.73. The number of thioether (sulfide) groups is 1. The largest absolute Gasteiger partial charge is 0.495 e. The summed E-state index contributed by atoms with van der Waals surface area (Å²) in [6, 6.07) is 7.22. The molecule has 0 aliphatic carbocycles. The summed E-state index contributed by atoms with van der Waals surface area (Å²) >= 11 is 1.41. The highest BCUT2D eigenvalue weighted by Gasteiger charge is 2.12. The summed E-state index contributed by atoms with van der Waals surface area (Å²) < 4.78 is 9.74. The van der Waals surface area contributed by atoms with Crippen LogP contribution in [0.25, 0.3) is 0 Å². The second-order valence-electron chi connectivity index (χ2n) is 4.15. The lowest BCUT2D eigenvalue weighted by atomic mass is 10.3. The first-order chi connectivity index (χ1) is 9.56. The number of hydrogen-bond acceptors (Lipinski definition) is 5. The Labute approximate surface area is 123 Å². The first-order valence-corrected chi connectivity index (χ1v) is 7.23. The number of benzene rings is 1. The highest BCUT2D eigenvalue weighted by atomic mass is 32.2. The lowest BCUT2D eigenvalue weighted by Gasteiger charge is -2.11. The number of anilines is 1. The molecule has 0 saturated heterocycles. The Hall–Kier alpha value is -1.69. The highest BCUT2D eigenvalue weighted by Crippen LogP contribution is 2.23. The van der Waals surface area contributed by atoms with Gasteiger partial charge in [0.25, 0.3) is 0 Å². The number of methoxy groups -OCH3 is 2. The van der Waals surface area contributed by atoms with Crippen LogP contribution < -0.4 is 10.1 Å². The number of hydrogen-bond donors (Lipinski definition) is 1. The summed E-state index contributed by atoms with van der Waals surface area (Å²) in [5.41, 5.74) is 0.640. The third kappa shape index (κ3) is 5.52. The summed E-state index contributed by atoms with van der Waals surface area (Å²) in [6.45, 7) is 1.89. The van der Waals surface area contributed by atoms with Crippen LogP contribution in [0.2, 0.25) is 0 Å². The van der Waals surface area contributed by atoms with Crippen molar-refractivity contribution in [3.8, 4) is 5.75 Å². The SMILES string of the molecule is COC(=O)CC(C)SCC(=O)Nc1ccccc1OC. The molecule has 0 fully saturated rings. The minimum absolute atomic E-state index is 0.0332. The molecule has 1 N–H and O–H groups in total. The van der Waals surface area contributed by atoms with E-state index in [1.807, 2.05) is 19.1 Å². The maximum absolute atomic E-state index is 11.8. The van der Waals surface area contributed by atoms with Crippen LogP contribution in [0.15, 0.2) is 24.3 Å². The van der Waals surface area contributed by atoms with E-state index in [0.717, 1.165) is 0 Å². The highest BCUT2D eigenvalue weighted by molar-refractivity contribution is 8.00. The Kier molecular flexibility index (Phi) is 6.93. The maximum Gasteiger partial charge on any atom is 0.306 e. The van der Waals surface area contributed by atoms with Crippen molar-refractivity contribution >= 4 is 29.3 Å². The second kappa shape index (κ2) is 8.47. The molecule has 20 heavy (non-hydrogen) atoms. The van der Waals surface area contributed by atoms with Crippen LogP contribution in [0.4, 0.5) is 5.69 Å². The fourth-order valence-corrected chi connectivity index (χ4v) is 2.29. The van der Waals surface area contributed by atoms with Crippen LogP contribution in [0.1, 0.15) is 13.3 Å². The summed E-state index contributed by atoms with van der Waals surface area (Å²) in [7, 11) is 2.91. The van der Waals surface area contributed by atoms with E-state index in [4.69, 9.17) is 4.74 Å². The molecule has 1 aromatic carbocycles. The standard InChI is InChI=1S/C14H19NO4S/c1-10(8-14(17)19-3)20-9-13(16)15-11-6-4-5-7-12(11)18-2/h4-7,10H,8-9H2,1-3H3,(H,15,16). The number of amides is 1. The van der Waals surface area contributed by atoms with Crippen LogP contribution in [-0.2, 0) is 14.3 Å². The van der Waals surface area contributed by atoms with Gasteiger partial charge in [0, 0.05) is 5.25 Å². The van der Waals surface area contributed by atoms with Gasteiger partial charge >= 0.3 is 5.97 Å². The van der Waals surface area contributed by atoms with Crippen molar-refractivity contribution in [2.45, 2.75) is 18.6 Å². The lowest BCUT2D eigenvalue weighted by Crippen LogP contribution is -2.17. The zero-order valence-electron chi connectivity index (χ0n) is 11.8. The van der Waals surface area contributed by atoms with Gasteiger partial charge in [0.2, 0.25) is 5.91 Å². The van der Waals surface area contributed by atoms with E-state index in [-0.39, 0.29) is 22.9 Å². The van der Waals surface area contributed by atoms with Crippen LogP contribution in [0.5, 0.6) is 5.75 Å². The van der Waals surface area contributed by atoms with E-state index in [1.165, 1.54) is 18.9 Å². The fourth-order valence-electron chi connectivity index (χ4n) is 1.53. The number of nitrogens with one attached hydrogen (secondary N) is 1. The molecule has 110 valence electrons. The molecule has 1 unspecified atom stereocenters. The Morgan fingerprint density at radius 2 is 2.00 bits per heavy atom. The molecule has 0 aromatic heterocycles. The van der Waals surface area contributed by atoms with E-state index in [0.29, 0.717) is 17.9 Å². The molecule has 1 atom stereocenters. The van der Waals surface area contributed by atoms with Gasteiger partial charge in [-0.1, -0.05) is 19.1 Å². The van der Waals surface area contributed by atoms with Crippen molar-refractivity contribution in [1.82, 2.24) is 0 Å². The Bertz CT molecular complexity index is 464. The summed E-state index contributed by atoms with van der Waals surface area (Å²) in [5, 5.41) is 2.82. The second-order valence-corrected chi connectivity index (χ2v) is 5.58. The molecule has 0 radical (unpaired) electrons. The third-order valence-electron chi connectivity index (χ3n) is 2.56. The molecule has 0 aliphatic rings. The average Bonchev–Trinajstić information content (AvgIpc) is 2.45. The van der Waals surface area contributed by atoms with Crippen LogP contribution in [0, 0.1) is 0 Å². The van der Waals surface area contributed by atoms with Gasteiger partial charge in [-0.2, -0.15) is 0 Å². The monoisotopic (exact) mass is 297 g/mol. The smallest absolute Gasteiger partial charge is 0.306 e. The lowest BCUT2D eigenvalue weighted by molar-refractivity contribution is -0.140. The molecular weight excluding hydrogens is 278 g/mol. The Morgan fingerprint density at radius 3 is 2.65 bits per heavy atom. The van der Waals surface area contributed by atoms with E-state index < -0.39 is 0 Å². The maximum atomic E-state index is 11.8. The molecule has 0 saturated carbocycles. The summed E-state index contributed by atoms with van der Waals surface area (Å²) in [4.78, 5) is 22.9. The quantitative estimate of drug-likeness (QED) is 0.782. The van der Waals surface area contributed by atoms with Crippen LogP contribution in [-0.4, -0.2) is 37.1 Å². The molecule has 0 spiro atoms. The summed E-state index contributed by atoms with van der Waals surface area (Å²) in [6.07, 6.45) is 0.295. The normalized spacial score (nSPS) is 11.6. The van der Waals surface area contributed by atoms with E-state index in [2.05, 4.69) is 10.1 Å². The van der Waals surface area contributed by atoms with Gasteiger partial charge in [0.05, 0.1) is 32.1 Å². The van der Waals surface area contributed by atoms with Crippen molar-refractivity contribution in [3.63, 3.8) is 0 Å². The van der Waals surface area contributed by atoms with Gasteiger partial charge < -0.3 is 14.8 Å². The Balaban J connectivity index is 2.42. The molecule has 0 bridgehead atoms. The number of ether oxygens (including phenoxy) is 2. The van der Waals surface area contributed by atoms with Gasteiger partial charge in [-0.05, 0) is 12.1 Å². The van der Waals surface area contributed by atoms with Crippen LogP contribution in [0.3, 0.4) is 0 Å². The molecule has 6 heteroatoms. The minimum atomic E-state index is -0.268. The van der Waals surface area contributed by atoms with Gasteiger partial charge in [0.1, 0.15) is 5.75 Å². The number of esters is 1. The number of rotatable bonds is 7. The van der Waals surface area contributed by atoms with E-state index >= 15 is 0 Å². The predicted octanol–water partition coefficient (Wildman–Crippen LogP) is 2.32. The molecular formula is C14H19NO4S. The minimum Gasteiger partial charge on any atom is -0.495 e. The average molecular weight is 297 g/mol. The molecule has 1 aromatic rings. The van der Waals surface area contributed by atoms with Gasteiger partial charge in [0.15, 0.2) is 0 Å². The van der Waals surface area contributed by atoms with Crippen LogP contribution >= 0.6 is 11.8 Å². The topological polar surface area (TPSA) is 64.6 Å². The van der Waals surface area contributed by atoms with Crippen molar-refractivity contribution in [3.05, 3.63) is 24.3 Å². The first-order valence-electron chi connectivity index (χ1n) is 6.18. The van der Waals surface area contributed by atoms with Gasteiger partial charge in [-0.25, -0.2) is 0 Å². The first kappa shape index (κ1) is 16.4. The zero-order chi connectivity index (χ0) is 15.0. The predicted molar refractivity (Wildman–Crippen MR) is 80.2 cm³/mol. The van der Waals surface area contributed by atoms with Crippen molar-refractivity contribution in [2.24, 2.45) is 0 Å². The summed E-state index contributed by atoms with van der Waals surface area (Å²) in [5.74, 6) is 0.496. The molecule has 1 amide bonds. The van der Waals surface area contributed by atoms with Crippen molar-refractivity contribution in [1.29, 1.82) is 0 Å². The number of para-hydroxylation sites is 2. The van der Waals surface area contributed by atoms with E-state index in [1.54, 1.807) is 19.2 Å². The van der Waals surface area contributed by atoms with Gasteiger partial charge in [-0.15, -0.1) is 11.8 Å². The molecule has 0 heterocycles. The van der Waals surface area contributed by atoms with Crippen molar-refractivity contribution in [2.75, 3.05) is 25.3 Å². The van der Waals surface area contributed by atoms with Crippen molar-refractivity contribution < 1.29 is 19.1 Å². The molecule has 1 rings (SSSR count). The number of carbonyl (C=O) groups is 2.